The number of nitro benzene ring substituents is 1. The largest absolute Gasteiger partial charge is 0.380 e. The number of nitrogens with zero attached hydrogens (tertiary/aromatic N) is 4. The Morgan fingerprint density at radius 3 is 2.62 bits per heavy atom. The highest BCUT2D eigenvalue weighted by Gasteiger charge is 2.26. The zero-order chi connectivity index (χ0) is 23.3. The molecule has 1 aliphatic heterocycles. The summed E-state index contributed by atoms with van der Waals surface area (Å²) in [5.74, 6) is -3.01. The predicted molar refractivity (Wildman–Crippen MR) is 118 cm³/mol. The van der Waals surface area contributed by atoms with Gasteiger partial charge in [-0.2, -0.15) is 4.99 Å². The maximum atomic E-state index is 12.4. The number of hydrogen-bond donors (Lipinski definition) is 0. The Morgan fingerprint density at radius 1 is 1.25 bits per heavy atom. The molecule has 174 valence electrons. The molecule has 1 saturated heterocycles. The van der Waals surface area contributed by atoms with Gasteiger partial charge in [-0.25, -0.2) is 8.42 Å². The van der Waals surface area contributed by atoms with E-state index in [2.05, 4.69) is 4.99 Å². The molecule has 13 heteroatoms. The average molecular weight is 485 g/mol. The lowest BCUT2D eigenvalue weighted by Gasteiger charge is -2.14. The maximum absolute atomic E-state index is 12.4. The Morgan fingerprint density at radius 2 is 1.97 bits per heavy atom. The van der Waals surface area contributed by atoms with Crippen LogP contribution in [0.4, 0.5) is 5.69 Å². The minimum atomic E-state index is -3.97. The highest BCUT2D eigenvalue weighted by molar-refractivity contribution is 7.92. The van der Waals surface area contributed by atoms with E-state index in [0.717, 1.165) is 24.2 Å². The van der Waals surface area contributed by atoms with Gasteiger partial charge in [-0.15, -0.1) is 0 Å². The summed E-state index contributed by atoms with van der Waals surface area (Å²) in [4.78, 5) is 40.8. The number of hydrogen-bond acceptors (Lipinski definition) is 8. The fourth-order valence-corrected chi connectivity index (χ4v) is 5.61. The van der Waals surface area contributed by atoms with Crippen molar-refractivity contribution < 1.29 is 27.7 Å². The molecule has 2 amide bonds. The molecule has 2 heterocycles. The summed E-state index contributed by atoms with van der Waals surface area (Å²) >= 11 is 1.05. The quantitative estimate of drug-likeness (QED) is 0.295. The molecular formula is C19H24N4O7S2. The van der Waals surface area contributed by atoms with Crippen molar-refractivity contribution in [3.05, 3.63) is 33.1 Å². The van der Waals surface area contributed by atoms with E-state index < -0.39 is 38.1 Å². The number of non-ortho nitro benzene ring substituents is 1. The Bertz CT molecular complexity index is 1190. The summed E-state index contributed by atoms with van der Waals surface area (Å²) in [7, 11) is -3.97. The number of rotatable bonds is 9. The summed E-state index contributed by atoms with van der Waals surface area (Å²) in [6, 6.07) is 4.29. The van der Waals surface area contributed by atoms with Gasteiger partial charge in [-0.1, -0.05) is 11.3 Å². The van der Waals surface area contributed by atoms with E-state index in [4.69, 9.17) is 4.74 Å². The molecule has 32 heavy (non-hydrogen) atoms. The van der Waals surface area contributed by atoms with Gasteiger partial charge in [0.2, 0.25) is 5.91 Å². The van der Waals surface area contributed by atoms with Crippen LogP contribution in [0.1, 0.15) is 19.8 Å². The molecule has 3 rings (SSSR count). The molecule has 0 unspecified atom stereocenters. The van der Waals surface area contributed by atoms with Gasteiger partial charge in [0.15, 0.2) is 14.6 Å². The van der Waals surface area contributed by atoms with Crippen LogP contribution in [0.15, 0.2) is 23.2 Å². The van der Waals surface area contributed by atoms with Crippen molar-refractivity contribution in [2.75, 3.05) is 37.8 Å². The summed E-state index contributed by atoms with van der Waals surface area (Å²) in [5.41, 5.74) is 0.524. The zero-order valence-electron chi connectivity index (χ0n) is 17.6. The predicted octanol–water partition coefficient (Wildman–Crippen LogP) is 1.11. The first kappa shape index (κ1) is 24.0. The van der Waals surface area contributed by atoms with Gasteiger partial charge in [0.25, 0.3) is 11.6 Å². The minimum absolute atomic E-state index is 0.100. The number of thiazole rings is 1. The number of carbonyl (C=O) groups excluding carboxylic acids is 2. The number of benzene rings is 1. The monoisotopic (exact) mass is 484 g/mol. The topological polar surface area (TPSA) is 141 Å². The fourth-order valence-electron chi connectivity index (χ4n) is 3.40. The highest BCUT2D eigenvalue weighted by atomic mass is 32.2. The Kier molecular flexibility index (Phi) is 7.74. The minimum Gasteiger partial charge on any atom is -0.380 e. The first-order valence-electron chi connectivity index (χ1n) is 10.1. The number of aromatic nitrogens is 1. The summed E-state index contributed by atoms with van der Waals surface area (Å²) in [5, 5.41) is 11.1. The molecular weight excluding hydrogens is 460 g/mol. The lowest BCUT2D eigenvalue weighted by molar-refractivity contribution is -0.384. The number of ether oxygens (including phenoxy) is 1. The molecule has 1 aromatic heterocycles. The Hall–Kier alpha value is -2.64. The van der Waals surface area contributed by atoms with Crippen molar-refractivity contribution in [2.24, 2.45) is 4.99 Å². The van der Waals surface area contributed by atoms with Crippen LogP contribution in [0, 0.1) is 10.1 Å². The molecule has 0 saturated carbocycles. The van der Waals surface area contributed by atoms with Crippen LogP contribution in [-0.4, -0.2) is 72.4 Å². The summed E-state index contributed by atoms with van der Waals surface area (Å²) in [6.45, 7) is 4.04. The zero-order valence-corrected chi connectivity index (χ0v) is 19.2. The number of fused-ring (bicyclic) bond motifs is 1. The van der Waals surface area contributed by atoms with E-state index in [1.807, 2.05) is 6.92 Å². The van der Waals surface area contributed by atoms with Crippen LogP contribution in [0.2, 0.25) is 0 Å². The van der Waals surface area contributed by atoms with Crippen LogP contribution >= 0.6 is 11.3 Å². The lowest BCUT2D eigenvalue weighted by Crippen LogP contribution is -2.35. The summed E-state index contributed by atoms with van der Waals surface area (Å²) < 4.78 is 32.3. The number of carbonyl (C=O) groups is 2. The summed E-state index contributed by atoms with van der Waals surface area (Å²) in [6.07, 6.45) is 1.68. The van der Waals surface area contributed by atoms with E-state index in [-0.39, 0.29) is 10.5 Å². The van der Waals surface area contributed by atoms with Crippen molar-refractivity contribution >= 4 is 48.9 Å². The van der Waals surface area contributed by atoms with Crippen LogP contribution in [0.25, 0.3) is 10.2 Å². The van der Waals surface area contributed by atoms with Gasteiger partial charge in [0.05, 0.1) is 21.7 Å². The molecule has 0 spiro atoms. The van der Waals surface area contributed by atoms with Crippen molar-refractivity contribution in [1.82, 2.24) is 9.47 Å². The molecule has 0 radical (unpaired) electrons. The van der Waals surface area contributed by atoms with Gasteiger partial charge in [-0.3, -0.25) is 19.7 Å². The van der Waals surface area contributed by atoms with E-state index in [9.17, 15) is 28.1 Å². The van der Waals surface area contributed by atoms with Crippen molar-refractivity contribution in [2.45, 2.75) is 26.3 Å². The van der Waals surface area contributed by atoms with Gasteiger partial charge < -0.3 is 14.2 Å². The Balaban J connectivity index is 1.85. The molecule has 1 aliphatic rings. The molecule has 0 N–H and O–H groups in total. The standard InChI is InChI=1S/C19H24N4O7S2/c1-2-30-10-9-22-15-6-5-14(23(26)27)11-16(15)31-19(22)20-17(24)12-32(28,29)13-18(25)21-7-3-4-8-21/h5-6,11H,2-4,7-10,12-13H2,1H3. The number of sulfone groups is 1. The number of nitro groups is 1. The van der Waals surface area contributed by atoms with Crippen LogP contribution in [0.3, 0.4) is 0 Å². The molecule has 2 aromatic rings. The molecule has 0 aliphatic carbocycles. The normalized spacial score (nSPS) is 14.9. The maximum Gasteiger partial charge on any atom is 0.270 e. The van der Waals surface area contributed by atoms with Crippen LogP contribution in [0.5, 0.6) is 0 Å². The van der Waals surface area contributed by atoms with Gasteiger partial charge in [0, 0.05) is 38.4 Å². The van der Waals surface area contributed by atoms with E-state index in [1.165, 1.54) is 17.0 Å². The SMILES string of the molecule is CCOCCn1c(=NC(=O)CS(=O)(=O)CC(=O)N2CCCC2)sc2cc([N+](=O)[O-])ccc21. The second-order valence-corrected chi connectivity index (χ2v) is 10.3. The second kappa shape index (κ2) is 10.3. The number of likely N-dealkylation sites (tertiary alicyclic amines) is 1. The molecule has 0 atom stereocenters. The first-order valence-corrected chi connectivity index (χ1v) is 12.8. The second-order valence-electron chi connectivity index (χ2n) is 7.27. The van der Waals surface area contributed by atoms with Gasteiger partial charge in [0.1, 0.15) is 11.5 Å². The first-order chi connectivity index (χ1) is 15.2. The van der Waals surface area contributed by atoms with E-state index in [1.54, 1.807) is 10.6 Å². The van der Waals surface area contributed by atoms with Gasteiger partial charge >= 0.3 is 0 Å². The molecule has 0 bridgehead atoms. The van der Waals surface area contributed by atoms with Crippen molar-refractivity contribution in [1.29, 1.82) is 0 Å². The highest BCUT2D eigenvalue weighted by Crippen LogP contribution is 2.23. The van der Waals surface area contributed by atoms with E-state index >= 15 is 0 Å². The van der Waals surface area contributed by atoms with E-state index in [0.29, 0.717) is 43.1 Å². The Labute approximate surface area is 188 Å². The average Bonchev–Trinajstić information content (AvgIpc) is 3.35. The number of amides is 2. The third-order valence-electron chi connectivity index (χ3n) is 4.91. The smallest absolute Gasteiger partial charge is 0.270 e. The lowest BCUT2D eigenvalue weighted by atomic mass is 10.3. The molecule has 1 fully saturated rings. The molecule has 1 aromatic carbocycles. The van der Waals surface area contributed by atoms with Crippen LogP contribution < -0.4 is 4.80 Å². The van der Waals surface area contributed by atoms with Crippen molar-refractivity contribution in [3.63, 3.8) is 0 Å². The van der Waals surface area contributed by atoms with Gasteiger partial charge in [-0.05, 0) is 25.8 Å². The third-order valence-corrected chi connectivity index (χ3v) is 7.32. The third kappa shape index (κ3) is 5.99. The van der Waals surface area contributed by atoms with Crippen LogP contribution in [-0.2, 0) is 30.7 Å². The molecule has 11 nitrogen and oxygen atoms in total. The van der Waals surface area contributed by atoms with Crippen molar-refractivity contribution in [3.8, 4) is 0 Å². The fraction of sp³-hybridized carbons (Fsp3) is 0.526.